The van der Waals surface area contributed by atoms with E-state index in [4.69, 9.17) is 0 Å². The maximum absolute atomic E-state index is 11.7. The molecule has 2 N–H and O–H groups in total. The van der Waals surface area contributed by atoms with E-state index < -0.39 is 0 Å². The second-order valence-corrected chi connectivity index (χ2v) is 5.40. The molecular formula is C12H15IN2O. The molecule has 1 aliphatic carbocycles. The summed E-state index contributed by atoms with van der Waals surface area (Å²) < 4.78 is 1.19. The van der Waals surface area contributed by atoms with Crippen LogP contribution < -0.4 is 10.6 Å². The number of amides is 1. The van der Waals surface area contributed by atoms with Crippen LogP contribution in [0.2, 0.25) is 0 Å². The molecule has 0 aromatic heterocycles. The molecule has 1 aromatic rings. The van der Waals surface area contributed by atoms with Gasteiger partial charge in [-0.2, -0.15) is 0 Å². The normalized spacial score (nSPS) is 16.6. The van der Waals surface area contributed by atoms with Crippen LogP contribution in [-0.4, -0.2) is 18.0 Å². The van der Waals surface area contributed by atoms with E-state index in [9.17, 15) is 4.79 Å². The number of halogens is 1. The van der Waals surface area contributed by atoms with Crippen molar-refractivity contribution in [2.75, 3.05) is 5.32 Å². The molecule has 0 saturated heterocycles. The van der Waals surface area contributed by atoms with Crippen LogP contribution in [0.25, 0.3) is 0 Å². The minimum atomic E-state index is -0.180. The van der Waals surface area contributed by atoms with Gasteiger partial charge in [-0.15, -0.1) is 0 Å². The fourth-order valence-electron chi connectivity index (χ4n) is 1.42. The summed E-state index contributed by atoms with van der Waals surface area (Å²) in [6, 6.07) is 8.27. The van der Waals surface area contributed by atoms with Crippen LogP contribution in [0.4, 0.5) is 5.69 Å². The number of carbonyl (C=O) groups excluding carboxylic acids is 1. The minimum Gasteiger partial charge on any atom is -0.374 e. The Morgan fingerprint density at radius 3 is 2.56 bits per heavy atom. The first-order chi connectivity index (χ1) is 7.65. The van der Waals surface area contributed by atoms with Gasteiger partial charge < -0.3 is 10.6 Å². The zero-order valence-corrected chi connectivity index (χ0v) is 11.3. The average molecular weight is 330 g/mol. The maximum atomic E-state index is 11.7. The summed E-state index contributed by atoms with van der Waals surface area (Å²) in [4.78, 5) is 11.7. The molecule has 1 atom stereocenters. The number of hydrogen-bond acceptors (Lipinski definition) is 2. The molecule has 2 rings (SSSR count). The van der Waals surface area contributed by atoms with Gasteiger partial charge in [0.1, 0.15) is 6.04 Å². The standard InChI is InChI=1S/C12H15IN2O/c1-8(12(16)15-11-6-7-11)14-10-4-2-9(13)3-5-10/h2-5,8,11,14H,6-7H2,1H3,(H,15,16). The minimum absolute atomic E-state index is 0.0843. The lowest BCUT2D eigenvalue weighted by Gasteiger charge is -2.14. The lowest BCUT2D eigenvalue weighted by Crippen LogP contribution is -2.38. The Morgan fingerprint density at radius 1 is 1.38 bits per heavy atom. The van der Waals surface area contributed by atoms with Crippen LogP contribution >= 0.6 is 22.6 Å². The molecule has 1 aliphatic rings. The Bertz CT molecular complexity index is 373. The van der Waals surface area contributed by atoms with Gasteiger partial charge in [0, 0.05) is 15.3 Å². The van der Waals surface area contributed by atoms with E-state index in [0.29, 0.717) is 6.04 Å². The molecule has 0 bridgehead atoms. The van der Waals surface area contributed by atoms with Crippen molar-refractivity contribution in [1.29, 1.82) is 0 Å². The lowest BCUT2D eigenvalue weighted by molar-refractivity contribution is -0.121. The van der Waals surface area contributed by atoms with Crippen LogP contribution in [0.15, 0.2) is 24.3 Å². The highest BCUT2D eigenvalue weighted by Gasteiger charge is 2.25. The summed E-state index contributed by atoms with van der Waals surface area (Å²) in [5.74, 6) is 0.0843. The van der Waals surface area contributed by atoms with Crippen LogP contribution in [-0.2, 0) is 4.79 Å². The Morgan fingerprint density at radius 2 is 2.00 bits per heavy atom. The van der Waals surface area contributed by atoms with Crippen LogP contribution in [0.3, 0.4) is 0 Å². The van der Waals surface area contributed by atoms with E-state index in [1.807, 2.05) is 31.2 Å². The van der Waals surface area contributed by atoms with E-state index >= 15 is 0 Å². The number of hydrogen-bond donors (Lipinski definition) is 2. The summed E-state index contributed by atoms with van der Waals surface area (Å²) in [5.41, 5.74) is 0.985. The number of rotatable bonds is 4. The highest BCUT2D eigenvalue weighted by atomic mass is 127. The van der Waals surface area contributed by atoms with Crippen molar-refractivity contribution in [1.82, 2.24) is 5.32 Å². The number of carbonyl (C=O) groups is 1. The number of benzene rings is 1. The molecule has 1 aromatic carbocycles. The summed E-state index contributed by atoms with van der Waals surface area (Å²) in [6.07, 6.45) is 2.25. The molecule has 0 radical (unpaired) electrons. The van der Waals surface area contributed by atoms with Crippen LogP contribution in [0, 0.1) is 3.57 Å². The molecular weight excluding hydrogens is 315 g/mol. The second kappa shape index (κ2) is 5.03. The predicted molar refractivity (Wildman–Crippen MR) is 73.4 cm³/mol. The molecule has 86 valence electrons. The van der Waals surface area contributed by atoms with Gasteiger partial charge in [0.15, 0.2) is 0 Å². The Balaban J connectivity index is 1.87. The topological polar surface area (TPSA) is 41.1 Å². The Hall–Kier alpha value is -0.780. The van der Waals surface area contributed by atoms with Crippen molar-refractivity contribution in [2.45, 2.75) is 31.8 Å². The third kappa shape index (κ3) is 3.37. The summed E-state index contributed by atoms with van der Waals surface area (Å²) in [6.45, 7) is 1.88. The first-order valence-electron chi connectivity index (χ1n) is 5.47. The van der Waals surface area contributed by atoms with E-state index in [-0.39, 0.29) is 11.9 Å². The van der Waals surface area contributed by atoms with Crippen molar-refractivity contribution in [3.8, 4) is 0 Å². The lowest BCUT2D eigenvalue weighted by atomic mass is 10.2. The molecule has 1 saturated carbocycles. The molecule has 3 nitrogen and oxygen atoms in total. The molecule has 0 spiro atoms. The van der Waals surface area contributed by atoms with Gasteiger partial charge in [-0.1, -0.05) is 0 Å². The van der Waals surface area contributed by atoms with E-state index in [1.54, 1.807) is 0 Å². The fourth-order valence-corrected chi connectivity index (χ4v) is 1.78. The first-order valence-corrected chi connectivity index (χ1v) is 6.55. The van der Waals surface area contributed by atoms with E-state index in [1.165, 1.54) is 3.57 Å². The van der Waals surface area contributed by atoms with E-state index in [0.717, 1.165) is 18.5 Å². The Kier molecular flexibility index (Phi) is 3.68. The summed E-state index contributed by atoms with van der Waals surface area (Å²) >= 11 is 2.26. The molecule has 4 heteroatoms. The van der Waals surface area contributed by atoms with Crippen LogP contribution in [0.1, 0.15) is 19.8 Å². The van der Waals surface area contributed by atoms with Gasteiger partial charge >= 0.3 is 0 Å². The predicted octanol–water partition coefficient (Wildman–Crippen LogP) is 2.37. The molecule has 1 fully saturated rings. The van der Waals surface area contributed by atoms with Crippen molar-refractivity contribution in [3.63, 3.8) is 0 Å². The monoisotopic (exact) mass is 330 g/mol. The van der Waals surface area contributed by atoms with Crippen molar-refractivity contribution in [3.05, 3.63) is 27.8 Å². The van der Waals surface area contributed by atoms with Crippen molar-refractivity contribution < 1.29 is 4.79 Å². The molecule has 1 unspecified atom stereocenters. The number of nitrogens with one attached hydrogen (secondary N) is 2. The van der Waals surface area contributed by atoms with Gasteiger partial charge in [0.05, 0.1) is 0 Å². The summed E-state index contributed by atoms with van der Waals surface area (Å²) in [7, 11) is 0. The van der Waals surface area contributed by atoms with Gasteiger partial charge in [-0.05, 0) is 66.6 Å². The summed E-state index contributed by atoms with van der Waals surface area (Å²) in [5, 5.41) is 6.17. The zero-order chi connectivity index (χ0) is 11.5. The zero-order valence-electron chi connectivity index (χ0n) is 9.16. The fraction of sp³-hybridized carbons (Fsp3) is 0.417. The molecule has 0 aliphatic heterocycles. The van der Waals surface area contributed by atoms with Crippen LogP contribution in [0.5, 0.6) is 0 Å². The molecule has 16 heavy (non-hydrogen) atoms. The third-order valence-corrected chi connectivity index (χ3v) is 3.26. The van der Waals surface area contributed by atoms with Crippen molar-refractivity contribution in [2.24, 2.45) is 0 Å². The smallest absolute Gasteiger partial charge is 0.242 e. The third-order valence-electron chi connectivity index (χ3n) is 2.54. The van der Waals surface area contributed by atoms with Gasteiger partial charge in [0.25, 0.3) is 0 Å². The Labute approximate surface area is 109 Å². The van der Waals surface area contributed by atoms with Gasteiger partial charge in [-0.25, -0.2) is 0 Å². The van der Waals surface area contributed by atoms with Crippen molar-refractivity contribution >= 4 is 34.2 Å². The highest BCUT2D eigenvalue weighted by Crippen LogP contribution is 2.19. The van der Waals surface area contributed by atoms with E-state index in [2.05, 4.69) is 33.2 Å². The number of anilines is 1. The maximum Gasteiger partial charge on any atom is 0.242 e. The molecule has 0 heterocycles. The quantitative estimate of drug-likeness (QED) is 0.833. The largest absolute Gasteiger partial charge is 0.374 e. The van der Waals surface area contributed by atoms with Gasteiger partial charge in [0.2, 0.25) is 5.91 Å². The molecule has 1 amide bonds. The first kappa shape index (κ1) is 11.7. The van der Waals surface area contributed by atoms with Gasteiger partial charge in [-0.3, -0.25) is 4.79 Å². The average Bonchev–Trinajstić information content (AvgIpc) is 3.05. The SMILES string of the molecule is CC(Nc1ccc(I)cc1)C(=O)NC1CC1. The highest BCUT2D eigenvalue weighted by molar-refractivity contribution is 14.1. The second-order valence-electron chi connectivity index (χ2n) is 4.16.